The van der Waals surface area contributed by atoms with Crippen molar-refractivity contribution >= 4 is 34.0 Å². The second kappa shape index (κ2) is 7.55. The van der Waals surface area contributed by atoms with Crippen LogP contribution in [0.5, 0.6) is 0 Å². The van der Waals surface area contributed by atoms with Gasteiger partial charge in [-0.2, -0.15) is 0 Å². The fourth-order valence-electron chi connectivity index (χ4n) is 1.47. The van der Waals surface area contributed by atoms with E-state index in [0.717, 1.165) is 8.82 Å². The topological polar surface area (TPSA) is 9.23 Å². The quantitative estimate of drug-likeness (QED) is 0.712. The molecule has 0 atom stereocenters. The maximum atomic E-state index is 5.74. The summed E-state index contributed by atoms with van der Waals surface area (Å²) in [5.41, 5.74) is 2.58. The summed E-state index contributed by atoms with van der Waals surface area (Å²) in [6, 6.07) is 20.8. The van der Waals surface area contributed by atoms with Gasteiger partial charge < -0.3 is 0 Å². The Morgan fingerprint density at radius 3 is 2.06 bits per heavy atom. The summed E-state index contributed by atoms with van der Waals surface area (Å²) < 4.78 is 6.78. The van der Waals surface area contributed by atoms with E-state index in [4.69, 9.17) is 4.74 Å². The van der Waals surface area contributed by atoms with Crippen molar-refractivity contribution in [2.75, 3.05) is 0 Å². The molecule has 0 radical (unpaired) electrons. The van der Waals surface area contributed by atoms with Gasteiger partial charge in [-0.05, 0) is 0 Å². The zero-order valence-corrected chi connectivity index (χ0v) is 13.3. The SMILES string of the molecule is [Se]=C(OCc1ccccc1)[Se]Cc1ccccc1. The first-order valence-corrected chi connectivity index (χ1v) is 8.64. The molecule has 1 nitrogen and oxygen atoms in total. The third kappa shape index (κ3) is 4.80. The van der Waals surface area contributed by atoms with E-state index in [1.807, 2.05) is 24.3 Å². The van der Waals surface area contributed by atoms with Crippen LogP contribution in [-0.4, -0.2) is 34.0 Å². The monoisotopic (exact) mass is 370 g/mol. The molecule has 0 fully saturated rings. The van der Waals surface area contributed by atoms with Crippen molar-refractivity contribution in [2.24, 2.45) is 0 Å². The van der Waals surface area contributed by atoms with Gasteiger partial charge in [-0.25, -0.2) is 0 Å². The second-order valence-corrected chi connectivity index (χ2v) is 7.88. The zero-order chi connectivity index (χ0) is 12.6. The number of hydrogen-bond acceptors (Lipinski definition) is 1. The Balaban J connectivity index is 1.73. The van der Waals surface area contributed by atoms with Gasteiger partial charge in [0.05, 0.1) is 0 Å². The van der Waals surface area contributed by atoms with Crippen molar-refractivity contribution in [1.82, 2.24) is 0 Å². The Bertz CT molecular complexity index is 437. The molecule has 0 aliphatic heterocycles. The number of hydrogen-bond donors (Lipinski definition) is 0. The van der Waals surface area contributed by atoms with Crippen LogP contribution in [0.2, 0.25) is 0 Å². The van der Waals surface area contributed by atoms with Crippen molar-refractivity contribution in [2.45, 2.75) is 11.9 Å². The molecule has 0 N–H and O–H groups in total. The van der Waals surface area contributed by atoms with Crippen LogP contribution < -0.4 is 0 Å². The molecule has 0 aromatic heterocycles. The van der Waals surface area contributed by atoms with Gasteiger partial charge in [-0.15, -0.1) is 0 Å². The van der Waals surface area contributed by atoms with Crippen LogP contribution in [0.3, 0.4) is 0 Å². The van der Waals surface area contributed by atoms with E-state index in [0.29, 0.717) is 21.6 Å². The molecular weight excluding hydrogens is 354 g/mol. The molecule has 0 amide bonds. The third-order valence-electron chi connectivity index (χ3n) is 2.40. The molecule has 18 heavy (non-hydrogen) atoms. The van der Waals surface area contributed by atoms with Crippen molar-refractivity contribution in [3.05, 3.63) is 71.8 Å². The molecule has 0 aliphatic rings. The predicted molar refractivity (Wildman–Crippen MR) is 77.9 cm³/mol. The Morgan fingerprint density at radius 1 is 0.889 bits per heavy atom. The molecule has 2 aromatic rings. The standard InChI is InChI=1S/C15H14OSe2/c17-15(16-11-13-7-3-1-4-8-13)18-12-14-9-5-2-6-10-14/h1-10H,11-12H2. The van der Waals surface area contributed by atoms with Gasteiger partial charge in [0, 0.05) is 0 Å². The Morgan fingerprint density at radius 2 is 1.44 bits per heavy atom. The molecule has 0 saturated heterocycles. The number of ether oxygens (including phenoxy) is 1. The van der Waals surface area contributed by atoms with Gasteiger partial charge in [0.25, 0.3) is 0 Å². The van der Waals surface area contributed by atoms with Crippen LogP contribution in [-0.2, 0) is 16.7 Å². The van der Waals surface area contributed by atoms with Crippen molar-refractivity contribution < 1.29 is 4.74 Å². The average molecular weight is 368 g/mol. The molecule has 0 unspecified atom stereocenters. The maximum absolute atomic E-state index is 5.74. The molecule has 2 aromatic carbocycles. The zero-order valence-electron chi connectivity index (χ0n) is 9.91. The summed E-state index contributed by atoms with van der Waals surface area (Å²) in [5, 5.41) is 1.07. The Labute approximate surface area is 122 Å². The van der Waals surface area contributed by atoms with E-state index in [1.54, 1.807) is 0 Å². The summed E-state index contributed by atoms with van der Waals surface area (Å²) in [7, 11) is 0. The molecule has 0 aliphatic carbocycles. The Hall–Kier alpha value is -0.851. The van der Waals surface area contributed by atoms with Gasteiger partial charge in [0.2, 0.25) is 0 Å². The predicted octanol–water partition coefficient (Wildman–Crippen LogP) is 2.36. The first kappa shape index (κ1) is 13.6. The van der Waals surface area contributed by atoms with Gasteiger partial charge in [0.1, 0.15) is 0 Å². The minimum atomic E-state index is 0.357. The molecular formula is C15H14OSe2. The molecule has 92 valence electrons. The fourth-order valence-corrected chi connectivity index (χ4v) is 3.54. The van der Waals surface area contributed by atoms with Gasteiger partial charge in [0.15, 0.2) is 0 Å². The second-order valence-electron chi connectivity index (χ2n) is 3.80. The number of rotatable bonds is 6. The normalized spacial score (nSPS) is 10.0. The van der Waals surface area contributed by atoms with Crippen LogP contribution in [0.15, 0.2) is 60.7 Å². The molecule has 0 heterocycles. The van der Waals surface area contributed by atoms with E-state index >= 15 is 0 Å². The van der Waals surface area contributed by atoms with Crippen LogP contribution in [0.1, 0.15) is 11.1 Å². The molecule has 2 rings (SSSR count). The third-order valence-corrected chi connectivity index (χ3v) is 5.68. The van der Waals surface area contributed by atoms with E-state index in [1.165, 1.54) is 11.1 Å². The molecule has 0 bridgehead atoms. The van der Waals surface area contributed by atoms with Crippen LogP contribution >= 0.6 is 0 Å². The Kier molecular flexibility index (Phi) is 5.70. The summed E-state index contributed by atoms with van der Waals surface area (Å²) in [6.45, 7) is 0.652. The van der Waals surface area contributed by atoms with Crippen molar-refractivity contribution in [3.8, 4) is 0 Å². The van der Waals surface area contributed by atoms with Crippen LogP contribution in [0, 0.1) is 0 Å². The van der Waals surface area contributed by atoms with E-state index < -0.39 is 0 Å². The summed E-state index contributed by atoms with van der Waals surface area (Å²) in [6.07, 6.45) is 0. The van der Waals surface area contributed by atoms with Crippen LogP contribution in [0.4, 0.5) is 0 Å². The average Bonchev–Trinajstić information content (AvgIpc) is 2.45. The molecule has 3 heteroatoms. The molecule has 0 saturated carbocycles. The van der Waals surface area contributed by atoms with E-state index in [-0.39, 0.29) is 0 Å². The van der Waals surface area contributed by atoms with Crippen molar-refractivity contribution in [1.29, 1.82) is 0 Å². The fraction of sp³-hybridized carbons (Fsp3) is 0.133. The summed E-state index contributed by atoms with van der Waals surface area (Å²) in [5.74, 6) is 0. The number of benzene rings is 2. The first-order chi connectivity index (χ1) is 8.84. The van der Waals surface area contributed by atoms with Crippen LogP contribution in [0.25, 0.3) is 0 Å². The van der Waals surface area contributed by atoms with E-state index in [2.05, 4.69) is 52.0 Å². The van der Waals surface area contributed by atoms with Gasteiger partial charge >= 0.3 is 122 Å². The molecule has 0 spiro atoms. The van der Waals surface area contributed by atoms with E-state index in [9.17, 15) is 0 Å². The first-order valence-electron chi connectivity index (χ1n) is 5.72. The van der Waals surface area contributed by atoms with Gasteiger partial charge in [-0.1, -0.05) is 0 Å². The van der Waals surface area contributed by atoms with Crippen molar-refractivity contribution in [3.63, 3.8) is 0 Å². The minimum absolute atomic E-state index is 0.357. The summed E-state index contributed by atoms with van der Waals surface area (Å²) >= 11 is 3.40. The summed E-state index contributed by atoms with van der Waals surface area (Å²) in [4.78, 5) is 0. The van der Waals surface area contributed by atoms with Gasteiger partial charge in [-0.3, -0.25) is 0 Å².